The molecular formula is C14H16FN. The smallest absolute Gasteiger partial charge is 0.123 e. The van der Waals surface area contributed by atoms with Gasteiger partial charge in [0.1, 0.15) is 5.82 Å². The molecule has 0 saturated carbocycles. The Kier molecular flexibility index (Phi) is 2.68. The van der Waals surface area contributed by atoms with Crippen molar-refractivity contribution in [1.82, 2.24) is 0 Å². The van der Waals surface area contributed by atoms with E-state index in [1.807, 2.05) is 12.1 Å². The summed E-state index contributed by atoms with van der Waals surface area (Å²) in [4.78, 5) is 0. The topological polar surface area (TPSA) is 26.0 Å². The highest BCUT2D eigenvalue weighted by atomic mass is 19.1. The predicted molar refractivity (Wildman–Crippen MR) is 66.0 cm³/mol. The van der Waals surface area contributed by atoms with Crippen LogP contribution in [0.2, 0.25) is 0 Å². The fraction of sp³-hybridized carbons (Fsp3) is 0.286. The first-order valence-electron chi connectivity index (χ1n) is 5.43. The molecule has 0 fully saturated rings. The Morgan fingerprint density at radius 1 is 1.06 bits per heavy atom. The van der Waals surface area contributed by atoms with Crippen LogP contribution in [0.5, 0.6) is 0 Å². The summed E-state index contributed by atoms with van der Waals surface area (Å²) in [6.07, 6.45) is 0. The molecule has 0 aliphatic carbocycles. The van der Waals surface area contributed by atoms with Gasteiger partial charge in [-0.3, -0.25) is 0 Å². The number of benzene rings is 2. The third-order valence-electron chi connectivity index (χ3n) is 3.09. The second-order valence-electron chi connectivity index (χ2n) is 4.79. The van der Waals surface area contributed by atoms with Crippen molar-refractivity contribution in [1.29, 1.82) is 0 Å². The number of hydrogen-bond donors (Lipinski definition) is 1. The van der Waals surface area contributed by atoms with Crippen molar-refractivity contribution in [2.45, 2.75) is 19.3 Å². The van der Waals surface area contributed by atoms with Gasteiger partial charge >= 0.3 is 0 Å². The van der Waals surface area contributed by atoms with Crippen molar-refractivity contribution >= 4 is 10.8 Å². The van der Waals surface area contributed by atoms with E-state index in [2.05, 4.69) is 19.9 Å². The lowest BCUT2D eigenvalue weighted by Crippen LogP contribution is -2.27. The van der Waals surface area contributed by atoms with Gasteiger partial charge in [-0.25, -0.2) is 4.39 Å². The van der Waals surface area contributed by atoms with Gasteiger partial charge in [0.15, 0.2) is 0 Å². The maximum absolute atomic E-state index is 13.1. The van der Waals surface area contributed by atoms with Gasteiger partial charge in [-0.05, 0) is 28.5 Å². The standard InChI is InChI=1S/C14H16FN/c1-14(2,9-16)12-5-3-10-4-6-13(15)8-11(10)7-12/h3-8H,9,16H2,1-2H3. The highest BCUT2D eigenvalue weighted by molar-refractivity contribution is 5.83. The molecule has 0 heterocycles. The van der Waals surface area contributed by atoms with Crippen LogP contribution in [-0.2, 0) is 5.41 Å². The molecule has 2 heteroatoms. The first kappa shape index (κ1) is 11.1. The maximum atomic E-state index is 13.1. The quantitative estimate of drug-likeness (QED) is 0.821. The second-order valence-corrected chi connectivity index (χ2v) is 4.79. The maximum Gasteiger partial charge on any atom is 0.123 e. The van der Waals surface area contributed by atoms with Crippen molar-refractivity contribution in [3.05, 3.63) is 47.8 Å². The summed E-state index contributed by atoms with van der Waals surface area (Å²) in [5.41, 5.74) is 6.82. The van der Waals surface area contributed by atoms with Crippen LogP contribution >= 0.6 is 0 Å². The largest absolute Gasteiger partial charge is 0.330 e. The molecule has 0 aromatic heterocycles. The summed E-state index contributed by atoms with van der Waals surface area (Å²) in [5, 5.41) is 1.98. The molecule has 16 heavy (non-hydrogen) atoms. The first-order valence-corrected chi connectivity index (χ1v) is 5.43. The van der Waals surface area contributed by atoms with Gasteiger partial charge in [0.25, 0.3) is 0 Å². The van der Waals surface area contributed by atoms with Crippen molar-refractivity contribution < 1.29 is 4.39 Å². The van der Waals surface area contributed by atoms with Gasteiger partial charge in [-0.15, -0.1) is 0 Å². The molecule has 2 rings (SSSR count). The molecule has 2 aromatic rings. The average molecular weight is 217 g/mol. The monoisotopic (exact) mass is 217 g/mol. The van der Waals surface area contributed by atoms with Gasteiger partial charge in [0.05, 0.1) is 0 Å². The number of halogens is 1. The van der Waals surface area contributed by atoms with Crippen molar-refractivity contribution in [3.8, 4) is 0 Å². The molecule has 0 bridgehead atoms. The minimum absolute atomic E-state index is 0.0689. The number of nitrogens with two attached hydrogens (primary N) is 1. The zero-order valence-electron chi connectivity index (χ0n) is 9.63. The molecule has 0 unspecified atom stereocenters. The first-order chi connectivity index (χ1) is 7.53. The predicted octanol–water partition coefficient (Wildman–Crippen LogP) is 3.22. The minimum atomic E-state index is -0.199. The zero-order valence-corrected chi connectivity index (χ0v) is 9.63. The Balaban J connectivity index is 2.59. The van der Waals surface area contributed by atoms with Crippen molar-refractivity contribution in [2.75, 3.05) is 6.54 Å². The molecule has 2 aromatic carbocycles. The Hall–Kier alpha value is -1.41. The number of fused-ring (bicyclic) bond motifs is 1. The Morgan fingerprint density at radius 3 is 2.44 bits per heavy atom. The van der Waals surface area contributed by atoms with Crippen molar-refractivity contribution in [3.63, 3.8) is 0 Å². The zero-order chi connectivity index (χ0) is 11.8. The molecule has 0 atom stereocenters. The lowest BCUT2D eigenvalue weighted by Gasteiger charge is -2.23. The van der Waals surface area contributed by atoms with Gasteiger partial charge in [0, 0.05) is 12.0 Å². The number of hydrogen-bond acceptors (Lipinski definition) is 1. The molecule has 1 nitrogen and oxygen atoms in total. The molecule has 0 radical (unpaired) electrons. The highest BCUT2D eigenvalue weighted by Gasteiger charge is 2.18. The fourth-order valence-corrected chi connectivity index (χ4v) is 1.76. The SMILES string of the molecule is CC(C)(CN)c1ccc2ccc(F)cc2c1. The summed E-state index contributed by atoms with van der Waals surface area (Å²) < 4.78 is 13.1. The van der Waals surface area contributed by atoms with E-state index in [9.17, 15) is 4.39 Å². The summed E-state index contributed by atoms with van der Waals surface area (Å²) >= 11 is 0. The number of rotatable bonds is 2. The van der Waals surface area contributed by atoms with Crippen LogP contribution in [0.4, 0.5) is 4.39 Å². The van der Waals surface area contributed by atoms with E-state index >= 15 is 0 Å². The summed E-state index contributed by atoms with van der Waals surface area (Å²) in [7, 11) is 0. The van der Waals surface area contributed by atoms with Gasteiger partial charge in [0.2, 0.25) is 0 Å². The van der Waals surface area contributed by atoms with Crippen LogP contribution in [0.3, 0.4) is 0 Å². The lowest BCUT2D eigenvalue weighted by molar-refractivity contribution is 0.539. The van der Waals surface area contributed by atoms with E-state index in [0.29, 0.717) is 6.54 Å². The van der Waals surface area contributed by atoms with Crippen LogP contribution in [0.15, 0.2) is 36.4 Å². The molecular weight excluding hydrogens is 201 g/mol. The summed E-state index contributed by atoms with van der Waals surface area (Å²) in [6.45, 7) is 4.76. The van der Waals surface area contributed by atoms with Gasteiger partial charge in [-0.1, -0.05) is 38.1 Å². The third-order valence-corrected chi connectivity index (χ3v) is 3.09. The molecule has 84 valence electrons. The van der Waals surface area contributed by atoms with Crippen molar-refractivity contribution in [2.24, 2.45) is 5.73 Å². The van der Waals surface area contributed by atoms with E-state index in [-0.39, 0.29) is 11.2 Å². The van der Waals surface area contributed by atoms with E-state index < -0.39 is 0 Å². The summed E-state index contributed by atoms with van der Waals surface area (Å²) in [6, 6.07) is 10.9. The van der Waals surface area contributed by atoms with Crippen LogP contribution in [0.1, 0.15) is 19.4 Å². The molecule has 0 aliphatic rings. The molecule has 0 saturated heterocycles. The van der Waals surface area contributed by atoms with E-state index in [0.717, 1.165) is 16.3 Å². The highest BCUT2D eigenvalue weighted by Crippen LogP contribution is 2.26. The lowest BCUT2D eigenvalue weighted by atomic mass is 9.84. The van der Waals surface area contributed by atoms with Gasteiger partial charge in [-0.2, -0.15) is 0 Å². The van der Waals surface area contributed by atoms with Crippen LogP contribution < -0.4 is 5.73 Å². The molecule has 0 aliphatic heterocycles. The Labute approximate surface area is 95.1 Å². The van der Waals surface area contributed by atoms with Crippen LogP contribution in [-0.4, -0.2) is 6.54 Å². The molecule has 0 amide bonds. The molecule has 0 spiro atoms. The normalized spacial score (nSPS) is 12.0. The summed E-state index contributed by atoms with van der Waals surface area (Å²) in [5.74, 6) is -0.199. The Morgan fingerprint density at radius 2 is 1.75 bits per heavy atom. The van der Waals surface area contributed by atoms with E-state index in [1.165, 1.54) is 6.07 Å². The molecule has 2 N–H and O–H groups in total. The van der Waals surface area contributed by atoms with Gasteiger partial charge < -0.3 is 5.73 Å². The minimum Gasteiger partial charge on any atom is -0.330 e. The van der Waals surface area contributed by atoms with E-state index in [4.69, 9.17) is 5.73 Å². The third kappa shape index (κ3) is 1.93. The Bertz CT molecular complexity index is 517. The second kappa shape index (κ2) is 3.87. The average Bonchev–Trinajstić information content (AvgIpc) is 2.28. The fourth-order valence-electron chi connectivity index (χ4n) is 1.76. The van der Waals surface area contributed by atoms with E-state index in [1.54, 1.807) is 12.1 Å². The van der Waals surface area contributed by atoms with Crippen LogP contribution in [0.25, 0.3) is 10.8 Å². The van der Waals surface area contributed by atoms with Crippen LogP contribution in [0, 0.1) is 5.82 Å².